The van der Waals surface area contributed by atoms with Crippen molar-refractivity contribution >= 4 is 11.9 Å². The molecule has 0 atom stereocenters. The third-order valence-electron chi connectivity index (χ3n) is 2.48. The number of hydrogen-bond acceptors (Lipinski definition) is 4. The molecule has 1 aromatic heterocycles. The second kappa shape index (κ2) is 7.30. The van der Waals surface area contributed by atoms with Gasteiger partial charge < -0.3 is 15.4 Å². The van der Waals surface area contributed by atoms with Gasteiger partial charge in [-0.3, -0.25) is 14.4 Å². The number of nitrogens with zero attached hydrogens (tertiary/aromatic N) is 1. The van der Waals surface area contributed by atoms with Crippen LogP contribution in [0.3, 0.4) is 0 Å². The van der Waals surface area contributed by atoms with E-state index in [4.69, 9.17) is 5.11 Å². The fourth-order valence-corrected chi connectivity index (χ4v) is 1.46. The summed E-state index contributed by atoms with van der Waals surface area (Å²) in [6.45, 7) is 1.58. The summed E-state index contributed by atoms with van der Waals surface area (Å²) in [5, 5.41) is 10.6. The average molecular weight is 267 g/mol. The number of unbranched alkanes of at least 4 members (excludes halogenated alkanes) is 1. The Morgan fingerprint density at radius 3 is 2.79 bits per heavy atom. The van der Waals surface area contributed by atoms with E-state index in [0.29, 0.717) is 12.2 Å². The van der Waals surface area contributed by atoms with Crippen LogP contribution in [0.1, 0.15) is 31.2 Å². The van der Waals surface area contributed by atoms with Crippen molar-refractivity contribution in [3.8, 4) is 0 Å². The summed E-state index contributed by atoms with van der Waals surface area (Å²) in [6.07, 6.45) is 3.81. The van der Waals surface area contributed by atoms with Crippen molar-refractivity contribution in [1.29, 1.82) is 0 Å². The lowest BCUT2D eigenvalue weighted by atomic mass is 10.2. The highest BCUT2D eigenvalue weighted by Crippen LogP contribution is 1.97. The number of aromatic nitrogens is 2. The van der Waals surface area contributed by atoms with Gasteiger partial charge >= 0.3 is 5.97 Å². The van der Waals surface area contributed by atoms with Crippen molar-refractivity contribution in [3.05, 3.63) is 27.9 Å². The Hall–Kier alpha value is -2.18. The number of carbonyl (C=O) groups excluding carboxylic acids is 1. The molecule has 0 saturated carbocycles. The summed E-state index contributed by atoms with van der Waals surface area (Å²) in [5.74, 6) is -1.05. The number of rotatable bonds is 7. The quantitative estimate of drug-likeness (QED) is 0.636. The Morgan fingerprint density at radius 1 is 1.47 bits per heavy atom. The average Bonchev–Trinajstić information content (AvgIpc) is 2.37. The smallest absolute Gasteiger partial charge is 0.322 e. The molecule has 0 saturated heterocycles. The second-order valence-corrected chi connectivity index (χ2v) is 4.14. The lowest BCUT2D eigenvalue weighted by Gasteiger charge is -2.03. The Balaban J connectivity index is 2.62. The summed E-state index contributed by atoms with van der Waals surface area (Å²) >= 11 is 0. The highest BCUT2D eigenvalue weighted by atomic mass is 16.4. The monoisotopic (exact) mass is 267 g/mol. The molecule has 0 aliphatic carbocycles. The minimum absolute atomic E-state index is 0.177. The molecule has 0 fully saturated rings. The summed E-state index contributed by atoms with van der Waals surface area (Å²) in [6, 6.07) is 0. The van der Waals surface area contributed by atoms with E-state index in [1.807, 2.05) is 6.92 Å². The van der Waals surface area contributed by atoms with E-state index in [2.05, 4.69) is 15.3 Å². The third kappa shape index (κ3) is 5.33. The molecule has 0 aliphatic rings. The molecule has 104 valence electrons. The standard InChI is InChI=1S/C12H17N3O4/c1-2-3-4-9-13-6-8(12(19)15-9)5-10(16)14-7-11(17)18/h6H,2-5,7H2,1H3,(H,14,16)(H,17,18)(H,13,15,19). The van der Waals surface area contributed by atoms with Crippen LogP contribution < -0.4 is 10.9 Å². The number of carboxylic acid groups (broad SMARTS) is 1. The molecule has 7 heteroatoms. The summed E-state index contributed by atoms with van der Waals surface area (Å²) < 4.78 is 0. The fraction of sp³-hybridized carbons (Fsp3) is 0.500. The molecular weight excluding hydrogens is 250 g/mol. The molecule has 0 spiro atoms. The Bertz CT molecular complexity index is 510. The Labute approximate surface area is 110 Å². The summed E-state index contributed by atoms with van der Waals surface area (Å²) in [5.41, 5.74) is -0.130. The van der Waals surface area contributed by atoms with Gasteiger partial charge in [-0.05, 0) is 6.42 Å². The zero-order chi connectivity index (χ0) is 14.3. The molecule has 1 aromatic rings. The first-order valence-electron chi connectivity index (χ1n) is 6.08. The first-order chi connectivity index (χ1) is 9.02. The molecule has 3 N–H and O–H groups in total. The lowest BCUT2D eigenvalue weighted by molar-refractivity contribution is -0.137. The number of carboxylic acids is 1. The van der Waals surface area contributed by atoms with Crippen molar-refractivity contribution in [1.82, 2.24) is 15.3 Å². The number of nitrogens with one attached hydrogen (secondary N) is 2. The molecule has 0 bridgehead atoms. The highest BCUT2D eigenvalue weighted by Gasteiger charge is 2.09. The predicted octanol–water partition coefficient (Wildman–Crippen LogP) is -0.144. The third-order valence-corrected chi connectivity index (χ3v) is 2.48. The van der Waals surface area contributed by atoms with E-state index in [0.717, 1.165) is 12.8 Å². The molecular formula is C12H17N3O4. The number of amides is 1. The zero-order valence-electron chi connectivity index (χ0n) is 10.7. The maximum absolute atomic E-state index is 11.7. The fourth-order valence-electron chi connectivity index (χ4n) is 1.46. The van der Waals surface area contributed by atoms with Gasteiger partial charge in [-0.2, -0.15) is 0 Å². The second-order valence-electron chi connectivity index (χ2n) is 4.14. The Kier molecular flexibility index (Phi) is 5.72. The first-order valence-corrected chi connectivity index (χ1v) is 6.08. The first kappa shape index (κ1) is 14.9. The van der Waals surface area contributed by atoms with Gasteiger partial charge in [0.25, 0.3) is 5.56 Å². The molecule has 1 rings (SSSR count). The largest absolute Gasteiger partial charge is 0.480 e. The van der Waals surface area contributed by atoms with Gasteiger partial charge in [0, 0.05) is 18.2 Å². The molecule has 0 radical (unpaired) electrons. The topological polar surface area (TPSA) is 112 Å². The molecule has 19 heavy (non-hydrogen) atoms. The van der Waals surface area contributed by atoms with Crippen LogP contribution in [-0.2, 0) is 22.4 Å². The molecule has 7 nitrogen and oxygen atoms in total. The molecule has 0 aliphatic heterocycles. The van der Waals surface area contributed by atoms with E-state index in [1.54, 1.807) is 0 Å². The number of hydrogen-bond donors (Lipinski definition) is 3. The zero-order valence-corrected chi connectivity index (χ0v) is 10.7. The number of H-pyrrole nitrogens is 1. The van der Waals surface area contributed by atoms with Gasteiger partial charge in [0.1, 0.15) is 12.4 Å². The van der Waals surface area contributed by atoms with Gasteiger partial charge in [0.05, 0.1) is 6.42 Å². The lowest BCUT2D eigenvalue weighted by Crippen LogP contribution is -2.32. The molecule has 1 heterocycles. The van der Waals surface area contributed by atoms with Gasteiger partial charge in [0.15, 0.2) is 0 Å². The minimum Gasteiger partial charge on any atom is -0.480 e. The van der Waals surface area contributed by atoms with Crippen LogP contribution in [0.15, 0.2) is 11.0 Å². The molecule has 0 aromatic carbocycles. The van der Waals surface area contributed by atoms with Crippen molar-refractivity contribution in [3.63, 3.8) is 0 Å². The van der Waals surface area contributed by atoms with Crippen LogP contribution in [0.2, 0.25) is 0 Å². The number of carbonyl (C=O) groups is 2. The van der Waals surface area contributed by atoms with E-state index >= 15 is 0 Å². The van der Waals surface area contributed by atoms with E-state index < -0.39 is 18.4 Å². The van der Waals surface area contributed by atoms with E-state index in [1.165, 1.54) is 6.20 Å². The Morgan fingerprint density at radius 2 is 2.21 bits per heavy atom. The van der Waals surface area contributed by atoms with Crippen LogP contribution in [0.4, 0.5) is 0 Å². The van der Waals surface area contributed by atoms with Crippen LogP contribution >= 0.6 is 0 Å². The van der Waals surface area contributed by atoms with Crippen molar-refractivity contribution in [2.45, 2.75) is 32.6 Å². The SMILES string of the molecule is CCCCc1ncc(CC(=O)NCC(=O)O)c(=O)[nH]1. The van der Waals surface area contributed by atoms with Crippen LogP contribution in [0.25, 0.3) is 0 Å². The number of aliphatic carboxylic acids is 1. The highest BCUT2D eigenvalue weighted by molar-refractivity contribution is 5.82. The minimum atomic E-state index is -1.13. The van der Waals surface area contributed by atoms with Gasteiger partial charge in [0.2, 0.25) is 5.91 Å². The number of aryl methyl sites for hydroxylation is 1. The van der Waals surface area contributed by atoms with Crippen LogP contribution in [0, 0.1) is 0 Å². The number of aromatic amines is 1. The van der Waals surface area contributed by atoms with Crippen molar-refractivity contribution in [2.75, 3.05) is 6.54 Å². The van der Waals surface area contributed by atoms with Gasteiger partial charge in [-0.15, -0.1) is 0 Å². The van der Waals surface area contributed by atoms with Gasteiger partial charge in [-0.25, -0.2) is 4.98 Å². The molecule has 0 unspecified atom stereocenters. The van der Waals surface area contributed by atoms with E-state index in [9.17, 15) is 14.4 Å². The molecule has 1 amide bonds. The van der Waals surface area contributed by atoms with Gasteiger partial charge in [-0.1, -0.05) is 13.3 Å². The maximum atomic E-state index is 11.7. The van der Waals surface area contributed by atoms with Crippen molar-refractivity contribution in [2.24, 2.45) is 0 Å². The predicted molar refractivity (Wildman–Crippen MR) is 67.8 cm³/mol. The summed E-state index contributed by atoms with van der Waals surface area (Å²) in [4.78, 5) is 40.0. The normalized spacial score (nSPS) is 10.2. The van der Waals surface area contributed by atoms with E-state index in [-0.39, 0.29) is 17.5 Å². The summed E-state index contributed by atoms with van der Waals surface area (Å²) in [7, 11) is 0. The van der Waals surface area contributed by atoms with Crippen LogP contribution in [0.5, 0.6) is 0 Å². The van der Waals surface area contributed by atoms with Crippen molar-refractivity contribution < 1.29 is 14.7 Å². The van der Waals surface area contributed by atoms with Crippen LogP contribution in [-0.4, -0.2) is 33.5 Å². The maximum Gasteiger partial charge on any atom is 0.322 e.